The smallest absolute Gasteiger partial charge is 0.274 e. The molecule has 2 aromatic rings. The van der Waals surface area contributed by atoms with Gasteiger partial charge in [-0.1, -0.05) is 11.6 Å². The van der Waals surface area contributed by atoms with Crippen molar-refractivity contribution in [1.82, 2.24) is 10.4 Å². The van der Waals surface area contributed by atoms with Gasteiger partial charge >= 0.3 is 0 Å². The van der Waals surface area contributed by atoms with Gasteiger partial charge in [-0.05, 0) is 31.2 Å². The zero-order chi connectivity index (χ0) is 13.0. The summed E-state index contributed by atoms with van der Waals surface area (Å²) in [5.41, 5.74) is 2.61. The highest BCUT2D eigenvalue weighted by Gasteiger charge is 2.09. The van der Waals surface area contributed by atoms with E-state index in [2.05, 4.69) is 15.5 Å². The van der Waals surface area contributed by atoms with Gasteiger partial charge in [0, 0.05) is 6.20 Å². The molecule has 18 heavy (non-hydrogen) atoms. The molecule has 1 N–H and O–H groups in total. The van der Waals surface area contributed by atoms with Crippen LogP contribution in [0.25, 0.3) is 0 Å². The van der Waals surface area contributed by atoms with Crippen molar-refractivity contribution >= 4 is 23.7 Å². The third-order valence-electron chi connectivity index (χ3n) is 2.12. The maximum atomic E-state index is 11.7. The van der Waals surface area contributed by atoms with E-state index < -0.39 is 5.91 Å². The molecule has 0 saturated carbocycles. The molecule has 0 unspecified atom stereocenters. The third-order valence-corrected chi connectivity index (χ3v) is 2.42. The van der Waals surface area contributed by atoms with Crippen molar-refractivity contribution in [2.75, 3.05) is 0 Å². The van der Waals surface area contributed by atoms with Gasteiger partial charge in [0.25, 0.3) is 5.91 Å². The lowest BCUT2D eigenvalue weighted by atomic mass is 10.3. The second kappa shape index (κ2) is 5.46. The van der Waals surface area contributed by atoms with E-state index >= 15 is 0 Å². The van der Waals surface area contributed by atoms with Gasteiger partial charge in [-0.3, -0.25) is 4.79 Å². The van der Waals surface area contributed by atoms with Crippen LogP contribution in [0.2, 0.25) is 5.15 Å². The second-order valence-electron chi connectivity index (χ2n) is 3.49. The standard InChI is InChI=1S/C12H10ClN3O2/c1-8-4-5-9(18-8)7-15-16-12(17)10-3-2-6-14-11(10)13/h2-7H,1H3,(H,16,17)/b15-7+. The molecule has 92 valence electrons. The minimum atomic E-state index is -0.423. The zero-order valence-corrected chi connectivity index (χ0v) is 10.3. The fraction of sp³-hybridized carbons (Fsp3) is 0.0833. The van der Waals surface area contributed by atoms with Gasteiger partial charge in [-0.25, -0.2) is 10.4 Å². The summed E-state index contributed by atoms with van der Waals surface area (Å²) in [6.45, 7) is 1.82. The molecule has 2 heterocycles. The minimum Gasteiger partial charge on any atom is -0.460 e. The average Bonchev–Trinajstić information content (AvgIpc) is 2.75. The Labute approximate surface area is 108 Å². The van der Waals surface area contributed by atoms with Crippen LogP contribution >= 0.6 is 11.6 Å². The molecule has 0 aliphatic carbocycles. The maximum Gasteiger partial charge on any atom is 0.274 e. The van der Waals surface area contributed by atoms with Crippen molar-refractivity contribution in [2.24, 2.45) is 5.10 Å². The first kappa shape index (κ1) is 12.3. The van der Waals surface area contributed by atoms with Gasteiger partial charge in [0.2, 0.25) is 0 Å². The molecule has 0 saturated heterocycles. The lowest BCUT2D eigenvalue weighted by Gasteiger charge is -2.00. The fourth-order valence-electron chi connectivity index (χ4n) is 1.29. The highest BCUT2D eigenvalue weighted by molar-refractivity contribution is 6.32. The number of rotatable bonds is 3. The fourth-order valence-corrected chi connectivity index (χ4v) is 1.50. The van der Waals surface area contributed by atoms with E-state index in [1.807, 2.05) is 6.92 Å². The van der Waals surface area contributed by atoms with E-state index in [1.165, 1.54) is 12.4 Å². The highest BCUT2D eigenvalue weighted by Crippen LogP contribution is 2.10. The van der Waals surface area contributed by atoms with Gasteiger partial charge < -0.3 is 4.42 Å². The van der Waals surface area contributed by atoms with E-state index in [0.717, 1.165) is 5.76 Å². The Kier molecular flexibility index (Phi) is 3.74. The Balaban J connectivity index is 2.01. The topological polar surface area (TPSA) is 67.5 Å². The van der Waals surface area contributed by atoms with Crippen LogP contribution in [0.15, 0.2) is 40.0 Å². The number of pyridine rings is 1. The molecule has 0 radical (unpaired) electrons. The number of carbonyl (C=O) groups is 1. The van der Waals surface area contributed by atoms with Crippen LogP contribution in [0.1, 0.15) is 21.9 Å². The maximum absolute atomic E-state index is 11.7. The summed E-state index contributed by atoms with van der Waals surface area (Å²) in [6.07, 6.45) is 2.92. The predicted octanol–water partition coefficient (Wildman–Crippen LogP) is 2.40. The van der Waals surface area contributed by atoms with E-state index in [9.17, 15) is 4.79 Å². The van der Waals surface area contributed by atoms with Crippen LogP contribution in [-0.4, -0.2) is 17.1 Å². The van der Waals surface area contributed by atoms with Crippen molar-refractivity contribution in [1.29, 1.82) is 0 Å². The first-order valence-electron chi connectivity index (χ1n) is 5.17. The first-order chi connectivity index (χ1) is 8.66. The quantitative estimate of drug-likeness (QED) is 0.525. The van der Waals surface area contributed by atoms with Gasteiger partial charge in [-0.2, -0.15) is 5.10 Å². The molecule has 0 aromatic carbocycles. The number of amides is 1. The van der Waals surface area contributed by atoms with Crippen molar-refractivity contribution in [2.45, 2.75) is 6.92 Å². The second-order valence-corrected chi connectivity index (χ2v) is 3.85. The molecule has 0 atom stereocenters. The van der Waals surface area contributed by atoms with Gasteiger partial charge in [-0.15, -0.1) is 0 Å². The Bertz CT molecular complexity index is 593. The molecule has 0 spiro atoms. The number of aromatic nitrogens is 1. The van der Waals surface area contributed by atoms with Crippen molar-refractivity contribution in [3.8, 4) is 0 Å². The monoisotopic (exact) mass is 263 g/mol. The summed E-state index contributed by atoms with van der Waals surface area (Å²) >= 11 is 5.78. The van der Waals surface area contributed by atoms with Gasteiger partial charge in [0.15, 0.2) is 0 Å². The largest absolute Gasteiger partial charge is 0.460 e. The number of aryl methyl sites for hydroxylation is 1. The Morgan fingerprint density at radius 2 is 2.33 bits per heavy atom. The SMILES string of the molecule is Cc1ccc(/C=N/NC(=O)c2cccnc2Cl)o1. The normalized spacial score (nSPS) is 10.8. The van der Waals surface area contributed by atoms with E-state index in [-0.39, 0.29) is 10.7 Å². The van der Waals surface area contributed by atoms with Crippen LogP contribution in [-0.2, 0) is 0 Å². The number of hydrazone groups is 1. The lowest BCUT2D eigenvalue weighted by Crippen LogP contribution is -2.18. The van der Waals surface area contributed by atoms with Crippen LogP contribution < -0.4 is 5.43 Å². The van der Waals surface area contributed by atoms with Gasteiger partial charge in [0.1, 0.15) is 16.7 Å². The third kappa shape index (κ3) is 2.95. The van der Waals surface area contributed by atoms with Crippen LogP contribution in [0.4, 0.5) is 0 Å². The molecular formula is C12H10ClN3O2. The molecule has 0 bridgehead atoms. The molecule has 6 heteroatoms. The van der Waals surface area contributed by atoms with E-state index in [0.29, 0.717) is 5.76 Å². The summed E-state index contributed by atoms with van der Waals surface area (Å²) in [7, 11) is 0. The summed E-state index contributed by atoms with van der Waals surface area (Å²) in [5.74, 6) is 0.913. The number of hydrogen-bond donors (Lipinski definition) is 1. The molecule has 2 rings (SSSR count). The summed E-state index contributed by atoms with van der Waals surface area (Å²) in [5, 5.41) is 3.91. The van der Waals surface area contributed by atoms with E-state index in [4.69, 9.17) is 16.0 Å². The Morgan fingerprint density at radius 1 is 1.50 bits per heavy atom. The number of hydrogen-bond acceptors (Lipinski definition) is 4. The number of nitrogens with zero attached hydrogens (tertiary/aromatic N) is 2. The molecule has 0 aliphatic heterocycles. The molecular weight excluding hydrogens is 254 g/mol. The number of furan rings is 1. The molecule has 0 fully saturated rings. The Hall–Kier alpha value is -2.14. The molecule has 2 aromatic heterocycles. The van der Waals surface area contributed by atoms with Crippen LogP contribution in [0, 0.1) is 6.92 Å². The van der Waals surface area contributed by atoms with Gasteiger partial charge in [0.05, 0.1) is 11.8 Å². The van der Waals surface area contributed by atoms with Crippen molar-refractivity contribution in [3.63, 3.8) is 0 Å². The van der Waals surface area contributed by atoms with Crippen molar-refractivity contribution in [3.05, 3.63) is 52.7 Å². The first-order valence-corrected chi connectivity index (χ1v) is 5.55. The predicted molar refractivity (Wildman–Crippen MR) is 67.8 cm³/mol. The highest BCUT2D eigenvalue weighted by atomic mass is 35.5. The Morgan fingerprint density at radius 3 is 3.00 bits per heavy atom. The molecule has 1 amide bonds. The summed E-state index contributed by atoms with van der Waals surface area (Å²) < 4.78 is 5.26. The summed E-state index contributed by atoms with van der Waals surface area (Å²) in [4.78, 5) is 15.5. The molecule has 0 aliphatic rings. The summed E-state index contributed by atoms with van der Waals surface area (Å²) in [6, 6.07) is 6.75. The molecule has 5 nitrogen and oxygen atoms in total. The number of nitrogens with one attached hydrogen (secondary N) is 1. The number of halogens is 1. The minimum absolute atomic E-state index is 0.138. The van der Waals surface area contributed by atoms with Crippen molar-refractivity contribution < 1.29 is 9.21 Å². The average molecular weight is 264 g/mol. The zero-order valence-electron chi connectivity index (χ0n) is 9.55. The van der Waals surface area contributed by atoms with E-state index in [1.54, 1.807) is 24.3 Å². The van der Waals surface area contributed by atoms with Crippen LogP contribution in [0.5, 0.6) is 0 Å². The van der Waals surface area contributed by atoms with Crippen LogP contribution in [0.3, 0.4) is 0 Å². The number of carbonyl (C=O) groups excluding carboxylic acids is 1. The lowest BCUT2D eigenvalue weighted by molar-refractivity contribution is 0.0955.